The summed E-state index contributed by atoms with van der Waals surface area (Å²) in [7, 11) is 0. The average Bonchev–Trinajstić information content (AvgIpc) is 3.39. The lowest BCUT2D eigenvalue weighted by atomic mass is 10.0. The summed E-state index contributed by atoms with van der Waals surface area (Å²) in [5.41, 5.74) is 2.97. The number of hydrogen-bond donors (Lipinski definition) is 1. The van der Waals surface area contributed by atoms with Gasteiger partial charge in [0.2, 0.25) is 5.82 Å². The molecule has 1 aromatic carbocycles. The van der Waals surface area contributed by atoms with Crippen LogP contribution in [0.4, 0.5) is 11.5 Å². The summed E-state index contributed by atoms with van der Waals surface area (Å²) in [6.45, 7) is 2.16. The van der Waals surface area contributed by atoms with Crippen molar-refractivity contribution in [1.29, 1.82) is 0 Å². The minimum Gasteiger partial charge on any atom is -0.335 e. The van der Waals surface area contributed by atoms with E-state index in [9.17, 15) is 10.1 Å². The number of allylic oxidation sites excluding steroid dienone is 3. The molecular weight excluding hydrogens is 316 g/mol. The zero-order chi connectivity index (χ0) is 17.4. The molecule has 4 rings (SSSR count). The van der Waals surface area contributed by atoms with E-state index in [1.807, 2.05) is 30.3 Å². The molecule has 0 spiro atoms. The van der Waals surface area contributed by atoms with Crippen molar-refractivity contribution in [2.45, 2.75) is 19.8 Å². The molecule has 0 aliphatic heterocycles. The smallest absolute Gasteiger partial charge is 0.329 e. The van der Waals surface area contributed by atoms with E-state index in [1.165, 1.54) is 24.6 Å². The van der Waals surface area contributed by atoms with Crippen LogP contribution < -0.4 is 5.32 Å². The highest BCUT2D eigenvalue weighted by atomic mass is 16.6. The fourth-order valence-electron chi connectivity index (χ4n) is 3.17. The summed E-state index contributed by atoms with van der Waals surface area (Å²) < 4.78 is 0. The molecule has 1 N–H and O–H groups in total. The first-order valence-electron chi connectivity index (χ1n) is 8.39. The van der Waals surface area contributed by atoms with Crippen LogP contribution in [0.2, 0.25) is 0 Å². The van der Waals surface area contributed by atoms with Crippen molar-refractivity contribution >= 4 is 11.5 Å². The highest BCUT2D eigenvalue weighted by Gasteiger charge is 2.31. The van der Waals surface area contributed by atoms with Crippen molar-refractivity contribution < 1.29 is 4.92 Å². The molecule has 25 heavy (non-hydrogen) atoms. The monoisotopic (exact) mass is 334 g/mol. The van der Waals surface area contributed by atoms with E-state index >= 15 is 0 Å². The van der Waals surface area contributed by atoms with Gasteiger partial charge in [-0.2, -0.15) is 0 Å². The average molecular weight is 334 g/mol. The highest BCUT2D eigenvalue weighted by Crippen LogP contribution is 2.43. The molecule has 0 bridgehead atoms. The van der Waals surface area contributed by atoms with E-state index in [0.29, 0.717) is 17.7 Å². The topological polar surface area (TPSA) is 81.0 Å². The van der Waals surface area contributed by atoms with Crippen LogP contribution in [0.25, 0.3) is 11.4 Å². The summed E-state index contributed by atoms with van der Waals surface area (Å²) in [5.74, 6) is 1.73. The summed E-state index contributed by atoms with van der Waals surface area (Å²) in [6, 6.07) is 9.45. The first-order chi connectivity index (χ1) is 12.1. The zero-order valence-electron chi connectivity index (χ0n) is 13.8. The van der Waals surface area contributed by atoms with E-state index in [-0.39, 0.29) is 11.5 Å². The third kappa shape index (κ3) is 3.15. The van der Waals surface area contributed by atoms with Gasteiger partial charge in [0.15, 0.2) is 5.82 Å². The number of hydrogen-bond acceptors (Lipinski definition) is 5. The number of nitro groups is 1. The van der Waals surface area contributed by atoms with E-state index in [1.54, 1.807) is 0 Å². The Balaban J connectivity index is 1.67. The Labute approximate surface area is 145 Å². The van der Waals surface area contributed by atoms with E-state index in [2.05, 4.69) is 34.4 Å². The minimum atomic E-state index is -0.457. The van der Waals surface area contributed by atoms with Crippen LogP contribution in [0.1, 0.15) is 19.8 Å². The van der Waals surface area contributed by atoms with Gasteiger partial charge < -0.3 is 5.32 Å². The maximum atomic E-state index is 11.3. The van der Waals surface area contributed by atoms with Crippen LogP contribution in [-0.4, -0.2) is 14.9 Å². The molecule has 1 heterocycles. The van der Waals surface area contributed by atoms with Gasteiger partial charge >= 0.3 is 5.69 Å². The molecule has 0 saturated heterocycles. The second-order valence-electron chi connectivity index (χ2n) is 6.50. The van der Waals surface area contributed by atoms with E-state index < -0.39 is 4.92 Å². The number of rotatable bonds is 5. The summed E-state index contributed by atoms with van der Waals surface area (Å²) in [5, 5.41) is 14.5. The zero-order valence-corrected chi connectivity index (χ0v) is 13.8. The first-order valence-corrected chi connectivity index (χ1v) is 8.39. The van der Waals surface area contributed by atoms with Crippen LogP contribution in [0.5, 0.6) is 0 Å². The number of nitrogens with zero attached hydrogens (tertiary/aromatic N) is 3. The number of nitrogens with one attached hydrogen (secondary N) is 1. The van der Waals surface area contributed by atoms with Crippen molar-refractivity contribution in [2.75, 3.05) is 5.32 Å². The predicted octanol–water partition coefficient (Wildman–Crippen LogP) is 4.33. The summed E-state index contributed by atoms with van der Waals surface area (Å²) in [4.78, 5) is 19.4. The van der Waals surface area contributed by atoms with Gasteiger partial charge in [-0.1, -0.05) is 48.9 Å². The van der Waals surface area contributed by atoms with Gasteiger partial charge in [-0.15, -0.1) is 0 Å². The Bertz CT molecular complexity index is 886. The van der Waals surface area contributed by atoms with Crippen LogP contribution in [0.15, 0.2) is 60.0 Å². The lowest BCUT2D eigenvalue weighted by Crippen LogP contribution is -2.05. The van der Waals surface area contributed by atoms with Crippen LogP contribution >= 0.6 is 0 Å². The molecule has 1 fully saturated rings. The van der Waals surface area contributed by atoms with Gasteiger partial charge in [-0.3, -0.25) is 10.1 Å². The maximum Gasteiger partial charge on any atom is 0.329 e. The largest absolute Gasteiger partial charge is 0.335 e. The molecule has 126 valence electrons. The third-order valence-electron chi connectivity index (χ3n) is 4.59. The Hall–Kier alpha value is -3.02. The van der Waals surface area contributed by atoms with Gasteiger partial charge in [0.25, 0.3) is 0 Å². The molecule has 2 aliphatic rings. The minimum absolute atomic E-state index is 0.124. The third-order valence-corrected chi connectivity index (χ3v) is 4.59. The second-order valence-corrected chi connectivity index (χ2v) is 6.50. The second kappa shape index (κ2) is 6.12. The molecule has 1 atom stereocenters. The Morgan fingerprint density at radius 3 is 2.68 bits per heavy atom. The van der Waals surface area contributed by atoms with E-state index in [4.69, 9.17) is 0 Å². The van der Waals surface area contributed by atoms with Crippen molar-refractivity contribution in [1.82, 2.24) is 9.97 Å². The highest BCUT2D eigenvalue weighted by molar-refractivity contribution is 5.65. The van der Waals surface area contributed by atoms with Crippen molar-refractivity contribution in [2.24, 2.45) is 11.8 Å². The molecule has 6 heteroatoms. The molecule has 1 saturated carbocycles. The number of benzene rings is 1. The summed E-state index contributed by atoms with van der Waals surface area (Å²) in [6.07, 6.45) is 7.95. The molecule has 0 unspecified atom stereocenters. The van der Waals surface area contributed by atoms with Gasteiger partial charge in [0, 0.05) is 11.3 Å². The molecule has 0 amide bonds. The fourth-order valence-corrected chi connectivity index (χ4v) is 3.17. The lowest BCUT2D eigenvalue weighted by Gasteiger charge is -2.07. The van der Waals surface area contributed by atoms with Gasteiger partial charge in [-0.05, 0) is 30.8 Å². The molecule has 2 aromatic rings. The summed E-state index contributed by atoms with van der Waals surface area (Å²) >= 11 is 0. The van der Waals surface area contributed by atoms with Crippen LogP contribution in [0.3, 0.4) is 0 Å². The fraction of sp³-hybridized carbons (Fsp3) is 0.263. The van der Waals surface area contributed by atoms with Gasteiger partial charge in [0.05, 0.1) is 4.92 Å². The van der Waals surface area contributed by atoms with Crippen molar-refractivity contribution in [3.63, 3.8) is 0 Å². The molecule has 6 nitrogen and oxygen atoms in total. The van der Waals surface area contributed by atoms with Crippen molar-refractivity contribution in [3.8, 4) is 11.4 Å². The number of anilines is 1. The predicted molar refractivity (Wildman–Crippen MR) is 95.8 cm³/mol. The number of aromatic nitrogens is 2. The van der Waals surface area contributed by atoms with Crippen LogP contribution in [0, 0.1) is 22.0 Å². The Morgan fingerprint density at radius 2 is 2.00 bits per heavy atom. The molecule has 2 aliphatic carbocycles. The van der Waals surface area contributed by atoms with Gasteiger partial charge in [0.1, 0.15) is 6.20 Å². The lowest BCUT2D eigenvalue weighted by molar-refractivity contribution is -0.384. The first kappa shape index (κ1) is 15.5. The Morgan fingerprint density at radius 1 is 1.24 bits per heavy atom. The molecule has 0 radical (unpaired) electrons. The molecule has 1 aromatic heterocycles. The maximum absolute atomic E-state index is 11.3. The SMILES string of the molecule is C[C@H]1C=C(Nc2nc(-c3ccccc3)ncc2[N+](=O)[O-])C=C1C1CC1. The van der Waals surface area contributed by atoms with E-state index in [0.717, 1.165) is 11.3 Å². The Kier molecular flexibility index (Phi) is 3.80. The van der Waals surface area contributed by atoms with Crippen molar-refractivity contribution in [3.05, 3.63) is 70.1 Å². The molecular formula is C19H18N4O2. The van der Waals surface area contributed by atoms with Gasteiger partial charge in [-0.25, -0.2) is 9.97 Å². The van der Waals surface area contributed by atoms with Crippen LogP contribution in [-0.2, 0) is 0 Å². The normalized spacial score (nSPS) is 19.3. The quantitative estimate of drug-likeness (QED) is 0.650. The standard InChI is InChI=1S/C19H18N4O2/c1-12-9-15(10-16(12)13-7-8-13)21-19-17(23(24)25)11-20-18(22-19)14-5-3-2-4-6-14/h2-6,9-13H,7-8H2,1H3,(H,20,21,22)/t12-/m0/s1.